The average Bonchev–Trinajstić information content (AvgIpc) is 3.05. The van der Waals surface area contributed by atoms with Gasteiger partial charge in [0, 0.05) is 25.2 Å². The first-order chi connectivity index (χ1) is 14.0. The lowest BCUT2D eigenvalue weighted by Gasteiger charge is -2.29. The van der Waals surface area contributed by atoms with Gasteiger partial charge in [0.2, 0.25) is 11.8 Å². The fourth-order valence-electron chi connectivity index (χ4n) is 3.60. The summed E-state index contributed by atoms with van der Waals surface area (Å²) >= 11 is 6.42. The first-order valence-corrected chi connectivity index (χ1v) is 9.98. The Balaban J connectivity index is 1.49. The van der Waals surface area contributed by atoms with Crippen LogP contribution in [0, 0.1) is 0 Å². The highest BCUT2D eigenvalue weighted by molar-refractivity contribution is 6.33. The number of benzene rings is 2. The molecule has 2 aromatic carbocycles. The van der Waals surface area contributed by atoms with E-state index in [1.165, 1.54) is 0 Å². The summed E-state index contributed by atoms with van der Waals surface area (Å²) in [5, 5.41) is 6.20. The largest absolute Gasteiger partial charge is 0.359 e. The van der Waals surface area contributed by atoms with Crippen LogP contribution < -0.4 is 15.5 Å². The number of halogens is 1. The Bertz CT molecular complexity index is 1080. The van der Waals surface area contributed by atoms with Crippen molar-refractivity contribution in [2.75, 3.05) is 29.9 Å². The second kappa shape index (κ2) is 8.13. The molecule has 1 aliphatic heterocycles. The Labute approximate surface area is 173 Å². The van der Waals surface area contributed by atoms with Crippen molar-refractivity contribution < 1.29 is 9.59 Å². The SMILES string of the molecule is CCc1nc2ccccc2n1CC(=O)Nc1ccc(N2CCNC(=O)C2)c(Cl)c1. The molecule has 0 bridgehead atoms. The summed E-state index contributed by atoms with van der Waals surface area (Å²) in [5.74, 6) is 0.700. The van der Waals surface area contributed by atoms with E-state index in [-0.39, 0.29) is 24.9 Å². The van der Waals surface area contributed by atoms with E-state index in [0.29, 0.717) is 23.8 Å². The van der Waals surface area contributed by atoms with Crippen molar-refractivity contribution >= 4 is 45.8 Å². The number of nitrogens with zero attached hydrogens (tertiary/aromatic N) is 3. The van der Waals surface area contributed by atoms with Gasteiger partial charge in [-0.25, -0.2) is 4.98 Å². The lowest BCUT2D eigenvalue weighted by atomic mass is 10.2. The maximum atomic E-state index is 12.7. The molecule has 0 aliphatic carbocycles. The Kier molecular flexibility index (Phi) is 5.40. The minimum Gasteiger partial charge on any atom is -0.359 e. The van der Waals surface area contributed by atoms with Gasteiger partial charge in [-0.05, 0) is 30.3 Å². The molecule has 0 unspecified atom stereocenters. The van der Waals surface area contributed by atoms with Crippen molar-refractivity contribution in [3.05, 3.63) is 53.3 Å². The molecule has 2 heterocycles. The number of nitrogens with one attached hydrogen (secondary N) is 2. The zero-order valence-electron chi connectivity index (χ0n) is 16.1. The molecule has 2 amide bonds. The lowest BCUT2D eigenvalue weighted by Crippen LogP contribution is -2.47. The molecule has 2 N–H and O–H groups in total. The number of imidazole rings is 1. The third-order valence-electron chi connectivity index (χ3n) is 4.96. The molecule has 0 atom stereocenters. The van der Waals surface area contributed by atoms with E-state index in [2.05, 4.69) is 15.6 Å². The first kappa shape index (κ1) is 19.3. The fraction of sp³-hybridized carbons (Fsp3) is 0.286. The number of carbonyl (C=O) groups excluding carboxylic acids is 2. The predicted octanol–water partition coefficient (Wildman–Crippen LogP) is 2.83. The molecule has 150 valence electrons. The molecule has 0 saturated carbocycles. The number of hydrogen-bond donors (Lipinski definition) is 2. The van der Waals surface area contributed by atoms with Crippen LogP contribution in [0.4, 0.5) is 11.4 Å². The number of rotatable bonds is 5. The minimum atomic E-state index is -0.149. The molecule has 0 radical (unpaired) electrons. The molecular weight excluding hydrogens is 390 g/mol. The third kappa shape index (κ3) is 4.05. The molecule has 29 heavy (non-hydrogen) atoms. The van der Waals surface area contributed by atoms with Crippen LogP contribution in [0.5, 0.6) is 0 Å². The zero-order chi connectivity index (χ0) is 20.4. The van der Waals surface area contributed by atoms with Gasteiger partial charge in [-0.2, -0.15) is 0 Å². The Morgan fingerprint density at radius 3 is 2.86 bits per heavy atom. The van der Waals surface area contributed by atoms with E-state index in [1.54, 1.807) is 12.1 Å². The van der Waals surface area contributed by atoms with Crippen molar-refractivity contribution in [3.63, 3.8) is 0 Å². The summed E-state index contributed by atoms with van der Waals surface area (Å²) in [6.45, 7) is 3.76. The second-order valence-corrected chi connectivity index (χ2v) is 7.35. The molecule has 3 aromatic rings. The highest BCUT2D eigenvalue weighted by atomic mass is 35.5. The van der Waals surface area contributed by atoms with Gasteiger partial charge in [0.25, 0.3) is 0 Å². The smallest absolute Gasteiger partial charge is 0.244 e. The van der Waals surface area contributed by atoms with E-state index in [9.17, 15) is 9.59 Å². The topological polar surface area (TPSA) is 79.3 Å². The normalized spacial score (nSPS) is 14.1. The monoisotopic (exact) mass is 411 g/mol. The van der Waals surface area contributed by atoms with Crippen molar-refractivity contribution in [1.82, 2.24) is 14.9 Å². The number of anilines is 2. The van der Waals surface area contributed by atoms with E-state index >= 15 is 0 Å². The summed E-state index contributed by atoms with van der Waals surface area (Å²) in [5.41, 5.74) is 3.23. The van der Waals surface area contributed by atoms with Crippen LogP contribution in [0.1, 0.15) is 12.7 Å². The van der Waals surface area contributed by atoms with Gasteiger partial charge in [0.05, 0.1) is 28.3 Å². The number of para-hydroxylation sites is 2. The van der Waals surface area contributed by atoms with Gasteiger partial charge in [0.1, 0.15) is 12.4 Å². The maximum absolute atomic E-state index is 12.7. The maximum Gasteiger partial charge on any atom is 0.244 e. The van der Waals surface area contributed by atoms with Crippen LogP contribution in [-0.2, 0) is 22.6 Å². The number of hydrogen-bond acceptors (Lipinski definition) is 4. The quantitative estimate of drug-likeness (QED) is 0.676. The van der Waals surface area contributed by atoms with E-state index in [0.717, 1.165) is 29.0 Å². The van der Waals surface area contributed by atoms with Crippen LogP contribution in [0.25, 0.3) is 11.0 Å². The number of aromatic nitrogens is 2. The van der Waals surface area contributed by atoms with Crippen molar-refractivity contribution in [2.24, 2.45) is 0 Å². The van der Waals surface area contributed by atoms with E-state index in [1.807, 2.05) is 46.7 Å². The highest BCUT2D eigenvalue weighted by Gasteiger charge is 2.19. The van der Waals surface area contributed by atoms with E-state index < -0.39 is 0 Å². The molecule has 0 spiro atoms. The van der Waals surface area contributed by atoms with Gasteiger partial charge in [-0.1, -0.05) is 30.7 Å². The summed E-state index contributed by atoms with van der Waals surface area (Å²) in [6, 6.07) is 13.1. The molecule has 1 aliphatic rings. The van der Waals surface area contributed by atoms with E-state index in [4.69, 9.17) is 11.6 Å². The van der Waals surface area contributed by atoms with Crippen LogP contribution in [0.2, 0.25) is 5.02 Å². The second-order valence-electron chi connectivity index (χ2n) is 6.94. The number of piperazine rings is 1. The fourth-order valence-corrected chi connectivity index (χ4v) is 3.90. The van der Waals surface area contributed by atoms with Crippen molar-refractivity contribution in [2.45, 2.75) is 19.9 Å². The minimum absolute atomic E-state index is 0.0241. The number of amides is 2. The van der Waals surface area contributed by atoms with Crippen LogP contribution in [0.3, 0.4) is 0 Å². The van der Waals surface area contributed by atoms with Crippen molar-refractivity contribution in [3.8, 4) is 0 Å². The van der Waals surface area contributed by atoms with Crippen LogP contribution in [-0.4, -0.2) is 41.0 Å². The van der Waals surface area contributed by atoms with Crippen molar-refractivity contribution in [1.29, 1.82) is 0 Å². The molecule has 1 fully saturated rings. The average molecular weight is 412 g/mol. The van der Waals surface area contributed by atoms with Gasteiger partial charge in [-0.15, -0.1) is 0 Å². The molecule has 4 rings (SSSR count). The predicted molar refractivity (Wildman–Crippen MR) is 114 cm³/mol. The molecule has 1 saturated heterocycles. The molecule has 1 aromatic heterocycles. The number of aryl methyl sites for hydroxylation is 1. The molecular formula is C21H22ClN5O2. The lowest BCUT2D eigenvalue weighted by molar-refractivity contribution is -0.120. The summed E-state index contributed by atoms with van der Waals surface area (Å²) in [6.07, 6.45) is 0.742. The molecule has 8 heteroatoms. The zero-order valence-corrected chi connectivity index (χ0v) is 16.9. The van der Waals surface area contributed by atoms with Crippen LogP contribution >= 0.6 is 11.6 Å². The third-order valence-corrected chi connectivity index (χ3v) is 5.26. The number of carbonyl (C=O) groups is 2. The Morgan fingerprint density at radius 2 is 2.10 bits per heavy atom. The van der Waals surface area contributed by atoms with Gasteiger partial charge < -0.3 is 20.1 Å². The summed E-state index contributed by atoms with van der Waals surface area (Å²) in [4.78, 5) is 30.8. The first-order valence-electron chi connectivity index (χ1n) is 9.60. The van der Waals surface area contributed by atoms with Gasteiger partial charge in [0.15, 0.2) is 0 Å². The summed E-state index contributed by atoms with van der Waals surface area (Å²) in [7, 11) is 0. The summed E-state index contributed by atoms with van der Waals surface area (Å²) < 4.78 is 1.94. The van der Waals surface area contributed by atoms with Crippen LogP contribution in [0.15, 0.2) is 42.5 Å². The van der Waals surface area contributed by atoms with Gasteiger partial charge >= 0.3 is 0 Å². The highest BCUT2D eigenvalue weighted by Crippen LogP contribution is 2.29. The Hall–Kier alpha value is -3.06. The standard InChI is InChI=1S/C21H22ClN5O2/c1-2-19-25-16-5-3-4-6-18(16)27(19)13-21(29)24-14-7-8-17(15(22)11-14)26-10-9-23-20(28)12-26/h3-8,11H,2,9-10,12-13H2,1H3,(H,23,28)(H,24,29). The van der Waals surface area contributed by atoms with Gasteiger partial charge in [-0.3, -0.25) is 9.59 Å². The molecule has 7 nitrogen and oxygen atoms in total. The Morgan fingerprint density at radius 1 is 1.28 bits per heavy atom. The number of fused-ring (bicyclic) bond motifs is 1.